The third-order valence-electron chi connectivity index (χ3n) is 8.30. The summed E-state index contributed by atoms with van der Waals surface area (Å²) in [5, 5.41) is 6.53. The van der Waals surface area contributed by atoms with Gasteiger partial charge in [0.05, 0.1) is 17.8 Å². The van der Waals surface area contributed by atoms with Gasteiger partial charge in [0.15, 0.2) is 11.6 Å². The molecule has 3 aromatic heterocycles. The zero-order valence-electron chi connectivity index (χ0n) is 27.5. The summed E-state index contributed by atoms with van der Waals surface area (Å²) in [4.78, 5) is 45.9. The molecule has 0 spiro atoms. The molecule has 0 atom stereocenters. The molecule has 0 aliphatic carbocycles. The van der Waals surface area contributed by atoms with Gasteiger partial charge in [-0.3, -0.25) is 9.78 Å². The van der Waals surface area contributed by atoms with Crippen LogP contribution in [0.1, 0.15) is 59.5 Å². The Hall–Kier alpha value is -5.58. The van der Waals surface area contributed by atoms with Crippen LogP contribution in [0.5, 0.6) is 0 Å². The summed E-state index contributed by atoms with van der Waals surface area (Å²) in [6.45, 7) is 14.2. The molecule has 1 aliphatic heterocycles. The molecule has 47 heavy (non-hydrogen) atoms. The van der Waals surface area contributed by atoms with Gasteiger partial charge in [0.2, 0.25) is 0 Å². The Morgan fingerprint density at radius 2 is 1.70 bits per heavy atom. The van der Waals surface area contributed by atoms with Crippen LogP contribution in [-0.2, 0) is 24.8 Å². The van der Waals surface area contributed by atoms with Crippen LogP contribution in [0.2, 0.25) is 0 Å². The quantitative estimate of drug-likeness (QED) is 0.206. The lowest BCUT2D eigenvalue weighted by Crippen LogP contribution is -2.40. The molecule has 4 heterocycles. The number of anilines is 3. The summed E-state index contributed by atoms with van der Waals surface area (Å²) >= 11 is 0. The number of pyridine rings is 1. The monoisotopic (exact) mass is 630 g/mol. The van der Waals surface area contributed by atoms with Crippen molar-refractivity contribution in [3.8, 4) is 11.1 Å². The van der Waals surface area contributed by atoms with Crippen molar-refractivity contribution >= 4 is 46.3 Å². The van der Waals surface area contributed by atoms with E-state index >= 15 is 0 Å². The maximum atomic E-state index is 13.6. The summed E-state index contributed by atoms with van der Waals surface area (Å²) < 4.78 is 7.36. The van der Waals surface area contributed by atoms with Crippen molar-refractivity contribution in [3.05, 3.63) is 95.5 Å². The minimum atomic E-state index is -0.589. The Morgan fingerprint density at radius 1 is 1.00 bits per heavy atom. The topological polar surface area (TPSA) is 127 Å². The molecule has 0 fully saturated rings. The first-order valence-corrected chi connectivity index (χ1v) is 15.5. The SMILES string of the molecule is C=Cc1cnc2c(Nc3cccc(-c4cccc(NC(=O)c5nc6c(n5C)CCN(C(=O)OC(C)(C)C)C6)c4C)c3C)ncnc2c1. The van der Waals surface area contributed by atoms with E-state index in [9.17, 15) is 9.59 Å². The van der Waals surface area contributed by atoms with Crippen LogP contribution in [0.3, 0.4) is 0 Å². The predicted octanol–water partition coefficient (Wildman–Crippen LogP) is 6.97. The largest absolute Gasteiger partial charge is 0.444 e. The molecule has 0 saturated heterocycles. The fraction of sp³-hybridized carbons (Fsp3) is 0.278. The van der Waals surface area contributed by atoms with Crippen LogP contribution in [0, 0.1) is 13.8 Å². The van der Waals surface area contributed by atoms with Gasteiger partial charge < -0.3 is 24.8 Å². The Labute approximate surface area is 273 Å². The molecule has 5 aromatic rings. The van der Waals surface area contributed by atoms with Crippen molar-refractivity contribution < 1.29 is 14.3 Å². The molecule has 0 unspecified atom stereocenters. The lowest BCUT2D eigenvalue weighted by atomic mass is 9.94. The maximum absolute atomic E-state index is 13.6. The van der Waals surface area contributed by atoms with Crippen LogP contribution < -0.4 is 10.6 Å². The van der Waals surface area contributed by atoms with Crippen molar-refractivity contribution in [1.82, 2.24) is 29.4 Å². The Kier molecular flexibility index (Phi) is 8.23. The van der Waals surface area contributed by atoms with Gasteiger partial charge in [-0.05, 0) is 80.6 Å². The van der Waals surface area contributed by atoms with E-state index in [0.29, 0.717) is 48.1 Å². The number of hydrogen-bond acceptors (Lipinski definition) is 8. The highest BCUT2D eigenvalue weighted by Gasteiger charge is 2.30. The number of fused-ring (bicyclic) bond motifs is 2. The van der Waals surface area contributed by atoms with Crippen molar-refractivity contribution in [2.45, 2.75) is 53.2 Å². The second-order valence-corrected chi connectivity index (χ2v) is 12.6. The van der Waals surface area contributed by atoms with Crippen LogP contribution in [-0.4, -0.2) is 53.5 Å². The Bertz CT molecular complexity index is 2040. The lowest BCUT2D eigenvalue weighted by Gasteiger charge is -2.29. The molecule has 0 radical (unpaired) electrons. The van der Waals surface area contributed by atoms with E-state index in [2.05, 4.69) is 43.2 Å². The van der Waals surface area contributed by atoms with E-state index in [-0.39, 0.29) is 12.0 Å². The standard InChI is InChI=1S/C36H38N8O3/c1-8-23-17-28-31(37-18-23)32(39-20-38-28)40-26-13-9-11-24(21(26)2)25-12-10-14-27(22(25)3)42-34(45)33-41-29-19-44(16-15-30(29)43(33)7)35(46)47-36(4,5)6/h8-14,17-18,20H,1,15-16,19H2,2-7H3,(H,42,45)(H,38,39,40). The van der Waals surface area contributed by atoms with E-state index in [1.165, 1.54) is 6.33 Å². The average Bonchev–Trinajstić information content (AvgIpc) is 3.38. The molecular formula is C36H38N8O3. The number of nitrogens with zero attached hydrogens (tertiary/aromatic N) is 6. The number of aromatic nitrogens is 5. The van der Waals surface area contributed by atoms with Crippen molar-refractivity contribution in [2.24, 2.45) is 7.05 Å². The van der Waals surface area contributed by atoms with Gasteiger partial charge in [-0.1, -0.05) is 36.9 Å². The lowest BCUT2D eigenvalue weighted by molar-refractivity contribution is 0.0220. The summed E-state index contributed by atoms with van der Waals surface area (Å²) in [6.07, 6.45) is 5.20. The van der Waals surface area contributed by atoms with Crippen LogP contribution in [0.25, 0.3) is 28.2 Å². The van der Waals surface area contributed by atoms with Crippen LogP contribution in [0.4, 0.5) is 22.0 Å². The molecule has 0 bridgehead atoms. The highest BCUT2D eigenvalue weighted by molar-refractivity contribution is 6.03. The number of amides is 2. The smallest absolute Gasteiger partial charge is 0.410 e. The van der Waals surface area contributed by atoms with Gasteiger partial charge in [0.1, 0.15) is 17.4 Å². The molecule has 0 saturated carbocycles. The molecule has 2 aromatic carbocycles. The number of rotatable bonds is 6. The summed E-state index contributed by atoms with van der Waals surface area (Å²) in [5.74, 6) is 0.579. The van der Waals surface area contributed by atoms with E-state index in [1.807, 2.05) is 82.6 Å². The number of carbonyl (C=O) groups is 2. The number of carbonyl (C=O) groups excluding carboxylic acids is 2. The predicted molar refractivity (Wildman–Crippen MR) is 184 cm³/mol. The summed E-state index contributed by atoms with van der Waals surface area (Å²) in [6, 6.07) is 13.8. The third-order valence-corrected chi connectivity index (χ3v) is 8.30. The van der Waals surface area contributed by atoms with Crippen molar-refractivity contribution in [3.63, 3.8) is 0 Å². The molecule has 6 rings (SSSR count). The normalized spacial score (nSPS) is 12.9. The molecule has 240 valence electrons. The maximum Gasteiger partial charge on any atom is 0.410 e. The zero-order chi connectivity index (χ0) is 33.5. The third kappa shape index (κ3) is 6.29. The molecule has 2 amide bonds. The molecule has 11 heteroatoms. The van der Waals surface area contributed by atoms with Gasteiger partial charge >= 0.3 is 6.09 Å². The van der Waals surface area contributed by atoms with E-state index in [4.69, 9.17) is 4.74 Å². The molecular weight excluding hydrogens is 592 g/mol. The van der Waals surface area contributed by atoms with Gasteiger partial charge in [0.25, 0.3) is 5.91 Å². The molecule has 1 aliphatic rings. The average molecular weight is 631 g/mol. The number of hydrogen-bond donors (Lipinski definition) is 2. The highest BCUT2D eigenvalue weighted by Crippen LogP contribution is 2.35. The number of imidazole rings is 1. The number of nitrogens with one attached hydrogen (secondary N) is 2. The van der Waals surface area contributed by atoms with E-state index in [0.717, 1.165) is 44.7 Å². The van der Waals surface area contributed by atoms with E-state index in [1.54, 1.807) is 17.2 Å². The highest BCUT2D eigenvalue weighted by atomic mass is 16.6. The molecule has 2 N–H and O–H groups in total. The first-order chi connectivity index (χ1) is 22.4. The van der Waals surface area contributed by atoms with Gasteiger partial charge in [-0.2, -0.15) is 0 Å². The fourth-order valence-electron chi connectivity index (χ4n) is 5.81. The van der Waals surface area contributed by atoms with E-state index < -0.39 is 5.60 Å². The van der Waals surface area contributed by atoms with Gasteiger partial charge in [-0.25, -0.2) is 19.7 Å². The minimum Gasteiger partial charge on any atom is -0.444 e. The molecule has 11 nitrogen and oxygen atoms in total. The second-order valence-electron chi connectivity index (χ2n) is 12.6. The van der Waals surface area contributed by atoms with Crippen LogP contribution >= 0.6 is 0 Å². The fourth-order valence-corrected chi connectivity index (χ4v) is 5.81. The van der Waals surface area contributed by atoms with Gasteiger partial charge in [-0.15, -0.1) is 0 Å². The zero-order valence-corrected chi connectivity index (χ0v) is 27.5. The Morgan fingerprint density at radius 3 is 2.40 bits per heavy atom. The van der Waals surface area contributed by atoms with Gasteiger partial charge in [0, 0.05) is 43.3 Å². The number of ether oxygens (including phenoxy) is 1. The summed E-state index contributed by atoms with van der Waals surface area (Å²) in [5.41, 5.74) is 8.82. The van der Waals surface area contributed by atoms with Crippen molar-refractivity contribution in [2.75, 3.05) is 17.2 Å². The first-order valence-electron chi connectivity index (χ1n) is 15.5. The Balaban J connectivity index is 1.24. The first kappa shape index (κ1) is 31.4. The number of benzene rings is 2. The second kappa shape index (κ2) is 12.3. The van der Waals surface area contributed by atoms with Crippen LogP contribution in [0.15, 0.2) is 61.6 Å². The minimum absolute atomic E-state index is 0.291. The van der Waals surface area contributed by atoms with Crippen molar-refractivity contribution in [1.29, 1.82) is 0 Å². The summed E-state index contributed by atoms with van der Waals surface area (Å²) in [7, 11) is 1.84.